The summed E-state index contributed by atoms with van der Waals surface area (Å²) in [5.74, 6) is -2.84. The summed E-state index contributed by atoms with van der Waals surface area (Å²) in [6.45, 7) is 0. The van der Waals surface area contributed by atoms with Crippen LogP contribution < -0.4 is 10.2 Å². The largest absolute Gasteiger partial charge is 0.481 e. The van der Waals surface area contributed by atoms with E-state index in [0.717, 1.165) is 5.56 Å². The molecule has 2 aliphatic rings. The van der Waals surface area contributed by atoms with Crippen molar-refractivity contribution in [3.05, 3.63) is 107 Å². The average Bonchev–Trinajstić information content (AvgIpc) is 3.10. The maximum atomic E-state index is 13.9. The average molecular weight is 543 g/mol. The molecule has 0 aromatic heterocycles. The quantitative estimate of drug-likeness (QED) is 0.402. The van der Waals surface area contributed by atoms with Crippen LogP contribution in [0.3, 0.4) is 0 Å². The zero-order chi connectivity index (χ0) is 28.4. The number of carboxylic acid groups (broad SMARTS) is 1. The number of rotatable bonds is 6. The molecule has 1 aliphatic heterocycles. The normalized spacial score (nSPS) is 18.2. The number of Topliss-reactive ketones (excluding diaryl/α,β-unsaturated/α-hetero) is 1. The Bertz CT molecular complexity index is 1510. The first-order chi connectivity index (χ1) is 19.3. The van der Waals surface area contributed by atoms with Gasteiger partial charge in [0.25, 0.3) is 0 Å². The molecule has 5 rings (SSSR count). The number of esters is 1. The van der Waals surface area contributed by atoms with Gasteiger partial charge in [0.05, 0.1) is 36.5 Å². The lowest BCUT2D eigenvalue weighted by Crippen LogP contribution is -2.38. The number of methoxy groups -OCH3 is 1. The SMILES string of the molecule is COC(=O)c1ccc([C@H]2C3=C(C[C@H](c4ccc(F)cc4)CC3=O)Nc3ccccc3N2C(=O)CCC(=O)O)cc1. The molecule has 204 valence electrons. The van der Waals surface area contributed by atoms with Gasteiger partial charge in [-0.2, -0.15) is 0 Å². The number of carboxylic acids is 1. The Labute approximate surface area is 230 Å². The van der Waals surface area contributed by atoms with Crippen LogP contribution in [0.2, 0.25) is 0 Å². The smallest absolute Gasteiger partial charge is 0.337 e. The third-order valence-electron chi connectivity index (χ3n) is 7.30. The molecular formula is C31H27FN2O6. The van der Waals surface area contributed by atoms with E-state index in [1.165, 1.54) is 24.1 Å². The summed E-state index contributed by atoms with van der Waals surface area (Å²) in [6.07, 6.45) is -0.0494. The van der Waals surface area contributed by atoms with Crippen LogP contribution in [0.5, 0.6) is 0 Å². The summed E-state index contributed by atoms with van der Waals surface area (Å²) in [4.78, 5) is 52.6. The van der Waals surface area contributed by atoms with Crippen molar-refractivity contribution in [1.82, 2.24) is 0 Å². The summed E-state index contributed by atoms with van der Waals surface area (Å²) < 4.78 is 18.4. The molecule has 8 nitrogen and oxygen atoms in total. The first-order valence-corrected chi connectivity index (χ1v) is 12.9. The van der Waals surface area contributed by atoms with E-state index in [-0.39, 0.29) is 36.8 Å². The lowest BCUT2D eigenvalue weighted by molar-refractivity contribution is -0.138. The lowest BCUT2D eigenvalue weighted by atomic mass is 9.78. The van der Waals surface area contributed by atoms with Gasteiger partial charge >= 0.3 is 11.9 Å². The van der Waals surface area contributed by atoms with Gasteiger partial charge < -0.3 is 15.2 Å². The minimum absolute atomic E-state index is 0.149. The van der Waals surface area contributed by atoms with Crippen molar-refractivity contribution in [2.75, 3.05) is 17.3 Å². The minimum atomic E-state index is -1.11. The van der Waals surface area contributed by atoms with E-state index in [1.54, 1.807) is 60.7 Å². The number of para-hydroxylation sites is 2. The Morgan fingerprint density at radius 3 is 2.30 bits per heavy atom. The Morgan fingerprint density at radius 1 is 0.950 bits per heavy atom. The van der Waals surface area contributed by atoms with Crippen molar-refractivity contribution >= 4 is 35.0 Å². The number of hydrogen-bond acceptors (Lipinski definition) is 6. The Kier molecular flexibility index (Phi) is 7.46. The summed E-state index contributed by atoms with van der Waals surface area (Å²) >= 11 is 0. The van der Waals surface area contributed by atoms with Crippen molar-refractivity contribution in [3.8, 4) is 0 Å². The highest BCUT2D eigenvalue weighted by molar-refractivity contribution is 6.06. The van der Waals surface area contributed by atoms with Crippen molar-refractivity contribution in [2.45, 2.75) is 37.6 Å². The van der Waals surface area contributed by atoms with Crippen LogP contribution in [0, 0.1) is 5.82 Å². The highest BCUT2D eigenvalue weighted by atomic mass is 19.1. The van der Waals surface area contributed by atoms with Crippen molar-refractivity contribution in [3.63, 3.8) is 0 Å². The second-order valence-corrected chi connectivity index (χ2v) is 9.79. The first kappa shape index (κ1) is 26.8. The van der Waals surface area contributed by atoms with Gasteiger partial charge in [0.15, 0.2) is 5.78 Å². The number of halogens is 1. The molecule has 3 aromatic carbocycles. The molecule has 0 radical (unpaired) electrons. The standard InChI is InChI=1S/C31H27FN2O6/c1-40-31(39)20-8-6-19(7-9-20)30-29-24(16-21(17-26(29)35)18-10-12-22(32)13-11-18)33-23-4-2-3-5-25(23)34(30)27(36)14-15-28(37)38/h2-13,21,30,33H,14-17H2,1H3,(H,37,38)/t21-,30-/m0/s1. The van der Waals surface area contributed by atoms with Crippen LogP contribution in [-0.2, 0) is 19.1 Å². The van der Waals surface area contributed by atoms with E-state index in [9.17, 15) is 28.7 Å². The van der Waals surface area contributed by atoms with Crippen LogP contribution >= 0.6 is 0 Å². The molecule has 9 heteroatoms. The number of fused-ring (bicyclic) bond motifs is 1. The van der Waals surface area contributed by atoms with Crippen LogP contribution in [-0.4, -0.2) is 35.8 Å². The Morgan fingerprint density at radius 2 is 1.62 bits per heavy atom. The van der Waals surface area contributed by atoms with E-state index in [1.807, 2.05) is 0 Å². The van der Waals surface area contributed by atoms with Gasteiger partial charge in [0.2, 0.25) is 5.91 Å². The Balaban J connectivity index is 1.67. The summed E-state index contributed by atoms with van der Waals surface area (Å²) in [6, 6.07) is 18.8. The molecule has 0 saturated heterocycles. The predicted molar refractivity (Wildman–Crippen MR) is 145 cm³/mol. The van der Waals surface area contributed by atoms with E-state index in [0.29, 0.717) is 40.2 Å². The third-order valence-corrected chi connectivity index (χ3v) is 7.30. The number of aliphatic carboxylic acids is 1. The molecular weight excluding hydrogens is 515 g/mol. The molecule has 1 heterocycles. The van der Waals surface area contributed by atoms with Gasteiger partial charge in [0.1, 0.15) is 5.82 Å². The summed E-state index contributed by atoms with van der Waals surface area (Å²) in [7, 11) is 1.28. The van der Waals surface area contributed by atoms with Gasteiger partial charge in [0, 0.05) is 24.1 Å². The molecule has 2 N–H and O–H groups in total. The fourth-order valence-electron chi connectivity index (χ4n) is 5.40. The predicted octanol–water partition coefficient (Wildman–Crippen LogP) is 5.38. The van der Waals surface area contributed by atoms with E-state index >= 15 is 0 Å². The first-order valence-electron chi connectivity index (χ1n) is 12.9. The third kappa shape index (κ3) is 5.22. The van der Waals surface area contributed by atoms with Gasteiger partial charge in [-0.05, 0) is 59.9 Å². The summed E-state index contributed by atoms with van der Waals surface area (Å²) in [5, 5.41) is 12.7. The lowest BCUT2D eigenvalue weighted by Gasteiger charge is -2.35. The van der Waals surface area contributed by atoms with Gasteiger partial charge in [-0.15, -0.1) is 0 Å². The number of ether oxygens (including phenoxy) is 1. The molecule has 1 aliphatic carbocycles. The van der Waals surface area contributed by atoms with E-state index in [4.69, 9.17) is 4.74 Å². The monoisotopic (exact) mass is 542 g/mol. The molecule has 0 unspecified atom stereocenters. The van der Waals surface area contributed by atoms with Crippen molar-refractivity contribution < 1.29 is 33.4 Å². The Hall–Kier alpha value is -4.79. The fraction of sp³-hybridized carbons (Fsp3) is 0.226. The van der Waals surface area contributed by atoms with Gasteiger partial charge in [-0.25, -0.2) is 9.18 Å². The highest BCUT2D eigenvalue weighted by Crippen LogP contribution is 2.47. The van der Waals surface area contributed by atoms with Crippen LogP contribution in [0.25, 0.3) is 0 Å². The van der Waals surface area contributed by atoms with Crippen LogP contribution in [0.4, 0.5) is 15.8 Å². The second-order valence-electron chi connectivity index (χ2n) is 9.79. The summed E-state index contributed by atoms with van der Waals surface area (Å²) in [5.41, 5.74) is 3.84. The molecule has 0 bridgehead atoms. The van der Waals surface area contributed by atoms with Gasteiger partial charge in [-0.3, -0.25) is 19.3 Å². The fourth-order valence-corrected chi connectivity index (χ4v) is 5.40. The zero-order valence-corrected chi connectivity index (χ0v) is 21.7. The maximum Gasteiger partial charge on any atom is 0.337 e. The zero-order valence-electron chi connectivity index (χ0n) is 21.7. The molecule has 0 spiro atoms. The second kappa shape index (κ2) is 11.1. The highest BCUT2D eigenvalue weighted by Gasteiger charge is 2.41. The molecule has 0 saturated carbocycles. The molecule has 0 fully saturated rings. The molecule has 1 amide bonds. The number of benzene rings is 3. The van der Waals surface area contributed by atoms with Crippen LogP contribution in [0.1, 0.15) is 59.1 Å². The van der Waals surface area contributed by atoms with Gasteiger partial charge in [-0.1, -0.05) is 36.4 Å². The number of nitrogens with one attached hydrogen (secondary N) is 1. The number of hydrogen-bond donors (Lipinski definition) is 2. The number of carbonyl (C=O) groups excluding carboxylic acids is 3. The number of carbonyl (C=O) groups is 4. The van der Waals surface area contributed by atoms with E-state index in [2.05, 4.69) is 5.32 Å². The van der Waals surface area contributed by atoms with Crippen molar-refractivity contribution in [1.29, 1.82) is 0 Å². The number of amides is 1. The number of anilines is 2. The van der Waals surface area contributed by atoms with Crippen molar-refractivity contribution in [2.24, 2.45) is 0 Å². The minimum Gasteiger partial charge on any atom is -0.481 e. The maximum absolute atomic E-state index is 13.9. The van der Waals surface area contributed by atoms with E-state index < -0.39 is 23.9 Å². The molecule has 3 aromatic rings. The molecule has 40 heavy (non-hydrogen) atoms. The number of ketones is 1. The topological polar surface area (TPSA) is 113 Å². The van der Waals surface area contributed by atoms with Crippen LogP contribution in [0.15, 0.2) is 84.1 Å². The number of nitrogens with zero attached hydrogens (tertiary/aromatic N) is 1. The number of allylic oxidation sites excluding steroid dienone is 1. The molecule has 2 atom stereocenters.